The van der Waals surface area contributed by atoms with Gasteiger partial charge in [-0.15, -0.1) is 11.3 Å². The number of aromatic nitrogens is 2. The molecule has 0 aliphatic heterocycles. The number of benzene rings is 1. The summed E-state index contributed by atoms with van der Waals surface area (Å²) in [6.07, 6.45) is 0. The van der Waals surface area contributed by atoms with E-state index in [4.69, 9.17) is 4.74 Å². The van der Waals surface area contributed by atoms with Gasteiger partial charge >= 0.3 is 0 Å². The molecule has 0 spiro atoms. The van der Waals surface area contributed by atoms with Crippen molar-refractivity contribution >= 4 is 27.4 Å². The number of nitrogens with zero attached hydrogens (tertiary/aromatic N) is 2. The van der Waals surface area contributed by atoms with Crippen molar-refractivity contribution in [2.45, 2.75) is 20.5 Å². The molecule has 0 aliphatic rings. The van der Waals surface area contributed by atoms with E-state index in [9.17, 15) is 0 Å². The topological polar surface area (TPSA) is 47.0 Å². The lowest BCUT2D eigenvalue weighted by molar-refractivity contribution is 0.296. The molecule has 1 aromatic carbocycles. The highest BCUT2D eigenvalue weighted by atomic mass is 32.1. The SMILES string of the molecule is CCNc1nc(COc2ccc(C)cc2)nc2sccc12. The van der Waals surface area contributed by atoms with E-state index in [1.54, 1.807) is 11.3 Å². The Hall–Kier alpha value is -2.14. The van der Waals surface area contributed by atoms with Crippen LogP contribution in [0.1, 0.15) is 18.3 Å². The smallest absolute Gasteiger partial charge is 0.169 e. The third-order valence-electron chi connectivity index (χ3n) is 3.10. The molecule has 0 aliphatic carbocycles. The number of nitrogens with one attached hydrogen (secondary N) is 1. The molecule has 0 bridgehead atoms. The fraction of sp³-hybridized carbons (Fsp3) is 0.250. The van der Waals surface area contributed by atoms with Crippen LogP contribution in [0.5, 0.6) is 5.75 Å². The van der Waals surface area contributed by atoms with Gasteiger partial charge in [0.25, 0.3) is 0 Å². The molecule has 0 saturated heterocycles. The maximum absolute atomic E-state index is 5.76. The van der Waals surface area contributed by atoms with Crippen LogP contribution in [0.4, 0.5) is 5.82 Å². The van der Waals surface area contributed by atoms with Crippen LogP contribution in [0, 0.1) is 6.92 Å². The van der Waals surface area contributed by atoms with E-state index in [-0.39, 0.29) is 0 Å². The van der Waals surface area contributed by atoms with E-state index in [0.29, 0.717) is 12.4 Å². The zero-order valence-electron chi connectivity index (χ0n) is 12.1. The Morgan fingerprint density at radius 1 is 1.14 bits per heavy atom. The average molecular weight is 299 g/mol. The first kappa shape index (κ1) is 13.8. The van der Waals surface area contributed by atoms with E-state index in [1.165, 1.54) is 5.56 Å². The van der Waals surface area contributed by atoms with Crippen LogP contribution in [0.3, 0.4) is 0 Å². The van der Waals surface area contributed by atoms with Crippen LogP contribution in [0.15, 0.2) is 35.7 Å². The summed E-state index contributed by atoms with van der Waals surface area (Å²) in [7, 11) is 0. The monoisotopic (exact) mass is 299 g/mol. The van der Waals surface area contributed by atoms with Gasteiger partial charge in [0.15, 0.2) is 5.82 Å². The minimum atomic E-state index is 0.370. The summed E-state index contributed by atoms with van der Waals surface area (Å²) in [4.78, 5) is 10.1. The van der Waals surface area contributed by atoms with Gasteiger partial charge in [0.05, 0.1) is 5.39 Å². The molecule has 0 saturated carbocycles. The molecule has 0 radical (unpaired) electrons. The number of anilines is 1. The number of rotatable bonds is 5. The normalized spacial score (nSPS) is 10.8. The number of hydrogen-bond acceptors (Lipinski definition) is 5. The lowest BCUT2D eigenvalue weighted by Crippen LogP contribution is -2.06. The van der Waals surface area contributed by atoms with Gasteiger partial charge in [-0.05, 0) is 37.4 Å². The standard InChI is InChI=1S/C16H17N3OS/c1-3-17-15-13-8-9-21-16(13)19-14(18-15)10-20-12-6-4-11(2)5-7-12/h4-9H,3,10H2,1-2H3,(H,17,18,19). The van der Waals surface area contributed by atoms with E-state index < -0.39 is 0 Å². The summed E-state index contributed by atoms with van der Waals surface area (Å²) >= 11 is 1.62. The molecule has 1 N–H and O–H groups in total. The van der Waals surface area contributed by atoms with Crippen molar-refractivity contribution < 1.29 is 4.74 Å². The van der Waals surface area contributed by atoms with Gasteiger partial charge in [-0.3, -0.25) is 0 Å². The number of hydrogen-bond donors (Lipinski definition) is 1. The van der Waals surface area contributed by atoms with Gasteiger partial charge in [0.2, 0.25) is 0 Å². The molecule has 5 heteroatoms. The Balaban J connectivity index is 1.81. The summed E-state index contributed by atoms with van der Waals surface area (Å²) in [5.74, 6) is 2.41. The first-order valence-electron chi connectivity index (χ1n) is 6.93. The third kappa shape index (κ3) is 3.13. The highest BCUT2D eigenvalue weighted by molar-refractivity contribution is 7.16. The maximum Gasteiger partial charge on any atom is 0.169 e. The highest BCUT2D eigenvalue weighted by Crippen LogP contribution is 2.25. The van der Waals surface area contributed by atoms with Gasteiger partial charge in [0, 0.05) is 6.54 Å². The zero-order chi connectivity index (χ0) is 14.7. The van der Waals surface area contributed by atoms with Crippen LogP contribution in [0.2, 0.25) is 0 Å². The fourth-order valence-corrected chi connectivity index (χ4v) is 2.83. The molecule has 3 rings (SSSR count). The number of fused-ring (bicyclic) bond motifs is 1. The Morgan fingerprint density at radius 2 is 1.95 bits per heavy atom. The van der Waals surface area contributed by atoms with Crippen LogP contribution < -0.4 is 10.1 Å². The lowest BCUT2D eigenvalue weighted by Gasteiger charge is -2.08. The van der Waals surface area contributed by atoms with Crippen molar-refractivity contribution in [1.29, 1.82) is 0 Å². The van der Waals surface area contributed by atoms with Crippen molar-refractivity contribution in [3.05, 3.63) is 47.1 Å². The molecule has 3 aromatic rings. The van der Waals surface area contributed by atoms with Crippen molar-refractivity contribution in [1.82, 2.24) is 9.97 Å². The molecule has 0 unspecified atom stereocenters. The summed E-state index contributed by atoms with van der Waals surface area (Å²) < 4.78 is 5.76. The van der Waals surface area contributed by atoms with Crippen LogP contribution in [-0.4, -0.2) is 16.5 Å². The largest absolute Gasteiger partial charge is 0.486 e. The molecule has 21 heavy (non-hydrogen) atoms. The minimum absolute atomic E-state index is 0.370. The second-order valence-electron chi connectivity index (χ2n) is 4.76. The lowest BCUT2D eigenvalue weighted by atomic mass is 10.2. The first-order chi connectivity index (χ1) is 10.3. The van der Waals surface area contributed by atoms with E-state index in [1.807, 2.05) is 35.7 Å². The predicted molar refractivity (Wildman–Crippen MR) is 87.1 cm³/mol. The minimum Gasteiger partial charge on any atom is -0.486 e. The Bertz CT molecular complexity index is 737. The van der Waals surface area contributed by atoms with Gasteiger partial charge in [-0.1, -0.05) is 17.7 Å². The summed E-state index contributed by atoms with van der Waals surface area (Å²) in [5, 5.41) is 6.39. The fourth-order valence-electron chi connectivity index (χ4n) is 2.05. The first-order valence-corrected chi connectivity index (χ1v) is 7.81. The molecule has 2 aromatic heterocycles. The van der Waals surface area contributed by atoms with Crippen LogP contribution in [0.25, 0.3) is 10.2 Å². The van der Waals surface area contributed by atoms with Crippen molar-refractivity contribution in [2.75, 3.05) is 11.9 Å². The zero-order valence-corrected chi connectivity index (χ0v) is 12.9. The van der Waals surface area contributed by atoms with Crippen molar-refractivity contribution in [2.24, 2.45) is 0 Å². The molecule has 0 fully saturated rings. The van der Waals surface area contributed by atoms with E-state index in [0.717, 1.165) is 28.3 Å². The predicted octanol–water partition coefficient (Wildman–Crippen LogP) is 4.01. The number of thiophene rings is 1. The quantitative estimate of drug-likeness (QED) is 0.773. The Labute approximate surface area is 127 Å². The Kier molecular flexibility index (Phi) is 4.01. The third-order valence-corrected chi connectivity index (χ3v) is 3.91. The molecule has 2 heterocycles. The summed E-state index contributed by atoms with van der Waals surface area (Å²) in [6.45, 7) is 5.32. The Morgan fingerprint density at radius 3 is 2.71 bits per heavy atom. The molecule has 0 amide bonds. The average Bonchev–Trinajstić information content (AvgIpc) is 2.96. The van der Waals surface area contributed by atoms with Gasteiger partial charge in [-0.25, -0.2) is 9.97 Å². The van der Waals surface area contributed by atoms with Crippen molar-refractivity contribution in [3.63, 3.8) is 0 Å². The molecule has 4 nitrogen and oxygen atoms in total. The summed E-state index contributed by atoms with van der Waals surface area (Å²) in [5.41, 5.74) is 1.22. The van der Waals surface area contributed by atoms with Crippen LogP contribution >= 0.6 is 11.3 Å². The van der Waals surface area contributed by atoms with Crippen LogP contribution in [-0.2, 0) is 6.61 Å². The molecular formula is C16H17N3OS. The molecular weight excluding hydrogens is 282 g/mol. The maximum atomic E-state index is 5.76. The molecule has 108 valence electrons. The number of ether oxygens (including phenoxy) is 1. The second kappa shape index (κ2) is 6.10. The second-order valence-corrected chi connectivity index (χ2v) is 5.65. The van der Waals surface area contributed by atoms with Gasteiger partial charge in [-0.2, -0.15) is 0 Å². The molecule has 0 atom stereocenters. The van der Waals surface area contributed by atoms with E-state index in [2.05, 4.69) is 29.1 Å². The number of aryl methyl sites for hydroxylation is 1. The summed E-state index contributed by atoms with van der Waals surface area (Å²) in [6, 6.07) is 10.0. The van der Waals surface area contributed by atoms with E-state index >= 15 is 0 Å². The van der Waals surface area contributed by atoms with Gasteiger partial charge in [0.1, 0.15) is 23.0 Å². The van der Waals surface area contributed by atoms with Crippen molar-refractivity contribution in [3.8, 4) is 5.75 Å². The van der Waals surface area contributed by atoms with Gasteiger partial charge < -0.3 is 10.1 Å². The highest BCUT2D eigenvalue weighted by Gasteiger charge is 2.08.